The van der Waals surface area contributed by atoms with Gasteiger partial charge in [0.1, 0.15) is 12.4 Å². The Bertz CT molecular complexity index is 589. The minimum absolute atomic E-state index is 0. The van der Waals surface area contributed by atoms with Crippen LogP contribution in [0.4, 0.5) is 5.69 Å². The van der Waals surface area contributed by atoms with Crippen molar-refractivity contribution in [2.24, 2.45) is 16.6 Å². The van der Waals surface area contributed by atoms with Gasteiger partial charge in [0.25, 0.3) is 0 Å². The fraction of sp³-hybridized carbons (Fsp3) is 0.500. The van der Waals surface area contributed by atoms with Crippen LogP contribution in [-0.2, 0) is 10.0 Å². The fourth-order valence-corrected chi connectivity index (χ4v) is 2.08. The monoisotopic (exact) mass is 456 g/mol. The summed E-state index contributed by atoms with van der Waals surface area (Å²) in [6.45, 7) is 5.80. The largest absolute Gasteiger partial charge is 0.492 e. The molecule has 0 atom stereocenters. The van der Waals surface area contributed by atoms with E-state index in [4.69, 9.17) is 10.5 Å². The number of nitrogens with two attached hydrogens (primary N) is 1. The fourth-order valence-electron chi connectivity index (χ4n) is 1.52. The van der Waals surface area contributed by atoms with Crippen molar-refractivity contribution in [3.63, 3.8) is 0 Å². The predicted molar refractivity (Wildman–Crippen MR) is 105 cm³/mol. The van der Waals surface area contributed by atoms with Crippen LogP contribution in [0.2, 0.25) is 0 Å². The second-order valence-corrected chi connectivity index (χ2v) is 7.04. The Morgan fingerprint density at radius 3 is 2.43 bits per heavy atom. The first kappa shape index (κ1) is 21.8. The van der Waals surface area contributed by atoms with Crippen LogP contribution in [0.1, 0.15) is 13.8 Å². The number of anilines is 1. The number of hydrogen-bond acceptors (Lipinski definition) is 4. The van der Waals surface area contributed by atoms with Gasteiger partial charge in [-0.1, -0.05) is 13.8 Å². The van der Waals surface area contributed by atoms with Crippen molar-refractivity contribution in [3.05, 3.63) is 24.3 Å². The van der Waals surface area contributed by atoms with Gasteiger partial charge in [0.05, 0.1) is 12.8 Å². The second kappa shape index (κ2) is 10.5. The predicted octanol–water partition coefficient (Wildman–Crippen LogP) is 1.62. The molecule has 1 aromatic rings. The van der Waals surface area contributed by atoms with E-state index in [2.05, 4.69) is 28.9 Å². The second-order valence-electron chi connectivity index (χ2n) is 5.29. The highest BCUT2D eigenvalue weighted by molar-refractivity contribution is 14.0. The molecule has 0 saturated carbocycles. The van der Waals surface area contributed by atoms with E-state index in [0.29, 0.717) is 43.0 Å². The summed E-state index contributed by atoms with van der Waals surface area (Å²) in [6.07, 6.45) is 1.11. The zero-order chi connectivity index (χ0) is 16.6. The highest BCUT2D eigenvalue weighted by Crippen LogP contribution is 2.16. The molecule has 1 rings (SSSR count). The van der Waals surface area contributed by atoms with Gasteiger partial charge in [0, 0.05) is 12.2 Å². The lowest BCUT2D eigenvalue weighted by Crippen LogP contribution is -2.35. The molecule has 0 aliphatic carbocycles. The van der Waals surface area contributed by atoms with Crippen LogP contribution in [0.5, 0.6) is 5.75 Å². The quantitative estimate of drug-likeness (QED) is 0.239. The molecule has 0 heterocycles. The zero-order valence-corrected chi connectivity index (χ0v) is 16.7. The van der Waals surface area contributed by atoms with Gasteiger partial charge < -0.3 is 15.8 Å². The molecular weight excluding hydrogens is 431 g/mol. The minimum atomic E-state index is -3.26. The van der Waals surface area contributed by atoms with Crippen LogP contribution in [0.25, 0.3) is 0 Å². The Kier molecular flexibility index (Phi) is 9.96. The Labute approximate surface area is 155 Å². The third-order valence-corrected chi connectivity index (χ3v) is 3.07. The average Bonchev–Trinajstić information content (AvgIpc) is 2.41. The van der Waals surface area contributed by atoms with Crippen LogP contribution < -0.4 is 20.5 Å². The first-order valence-corrected chi connectivity index (χ1v) is 8.90. The Morgan fingerprint density at radius 1 is 1.30 bits per heavy atom. The molecule has 0 bridgehead atoms. The summed E-state index contributed by atoms with van der Waals surface area (Å²) in [5.41, 5.74) is 6.20. The Balaban J connectivity index is 0.00000484. The summed E-state index contributed by atoms with van der Waals surface area (Å²) in [7, 11) is -3.26. The Morgan fingerprint density at radius 2 is 1.91 bits per heavy atom. The SMILES string of the molecule is CC(C)CN=C(N)NCCOc1ccc(NS(C)(=O)=O)cc1.I. The minimum Gasteiger partial charge on any atom is -0.492 e. The number of guanidine groups is 1. The lowest BCUT2D eigenvalue weighted by molar-refractivity contribution is 0.322. The molecule has 9 heteroatoms. The van der Waals surface area contributed by atoms with E-state index < -0.39 is 10.0 Å². The van der Waals surface area contributed by atoms with Crippen LogP contribution in [0.3, 0.4) is 0 Å². The number of halogens is 1. The van der Waals surface area contributed by atoms with Crippen molar-refractivity contribution in [2.45, 2.75) is 13.8 Å². The van der Waals surface area contributed by atoms with Gasteiger partial charge in [-0.15, -0.1) is 24.0 Å². The lowest BCUT2D eigenvalue weighted by Gasteiger charge is -2.09. The maximum absolute atomic E-state index is 11.1. The van der Waals surface area contributed by atoms with Gasteiger partial charge >= 0.3 is 0 Å². The van der Waals surface area contributed by atoms with Gasteiger partial charge in [-0.2, -0.15) is 0 Å². The van der Waals surface area contributed by atoms with Crippen molar-refractivity contribution in [2.75, 3.05) is 30.7 Å². The molecule has 132 valence electrons. The molecule has 0 radical (unpaired) electrons. The van der Waals surface area contributed by atoms with E-state index in [1.54, 1.807) is 24.3 Å². The molecule has 23 heavy (non-hydrogen) atoms. The molecule has 0 saturated heterocycles. The number of sulfonamides is 1. The molecule has 0 spiro atoms. The van der Waals surface area contributed by atoms with Gasteiger partial charge in [-0.05, 0) is 30.2 Å². The molecular formula is C14H25IN4O3S. The highest BCUT2D eigenvalue weighted by Gasteiger charge is 2.02. The molecule has 1 aromatic carbocycles. The van der Waals surface area contributed by atoms with Crippen molar-refractivity contribution >= 4 is 45.6 Å². The average molecular weight is 456 g/mol. The first-order valence-electron chi connectivity index (χ1n) is 7.00. The van der Waals surface area contributed by atoms with Crippen molar-refractivity contribution in [3.8, 4) is 5.75 Å². The highest BCUT2D eigenvalue weighted by atomic mass is 127. The molecule has 0 amide bonds. The van der Waals surface area contributed by atoms with Gasteiger partial charge in [-0.3, -0.25) is 9.71 Å². The molecule has 0 aliphatic rings. The maximum Gasteiger partial charge on any atom is 0.229 e. The van der Waals surface area contributed by atoms with E-state index in [1.807, 2.05) is 0 Å². The lowest BCUT2D eigenvalue weighted by atomic mass is 10.2. The summed E-state index contributed by atoms with van der Waals surface area (Å²) in [4.78, 5) is 4.18. The van der Waals surface area contributed by atoms with E-state index >= 15 is 0 Å². The third kappa shape index (κ3) is 11.0. The van der Waals surface area contributed by atoms with E-state index in [1.165, 1.54) is 0 Å². The molecule has 0 aromatic heterocycles. The summed E-state index contributed by atoms with van der Waals surface area (Å²) in [5, 5.41) is 2.96. The number of nitrogens with zero attached hydrogens (tertiary/aromatic N) is 1. The smallest absolute Gasteiger partial charge is 0.229 e. The molecule has 0 unspecified atom stereocenters. The number of ether oxygens (including phenoxy) is 1. The summed E-state index contributed by atoms with van der Waals surface area (Å²) in [5.74, 6) is 1.53. The summed E-state index contributed by atoms with van der Waals surface area (Å²) < 4.78 is 30.1. The van der Waals surface area contributed by atoms with E-state index in [0.717, 1.165) is 6.26 Å². The van der Waals surface area contributed by atoms with Crippen molar-refractivity contribution in [1.82, 2.24) is 5.32 Å². The number of hydrogen-bond donors (Lipinski definition) is 3. The Hall–Kier alpha value is -1.23. The topological polar surface area (TPSA) is 106 Å². The maximum atomic E-state index is 11.1. The first-order chi connectivity index (χ1) is 10.3. The number of nitrogens with one attached hydrogen (secondary N) is 2. The number of benzene rings is 1. The van der Waals surface area contributed by atoms with Crippen LogP contribution >= 0.6 is 24.0 Å². The van der Waals surface area contributed by atoms with E-state index in [-0.39, 0.29) is 24.0 Å². The number of rotatable bonds is 8. The normalized spacial score (nSPS) is 11.7. The third-order valence-electron chi connectivity index (χ3n) is 2.46. The molecule has 7 nitrogen and oxygen atoms in total. The van der Waals surface area contributed by atoms with Gasteiger partial charge in [0.15, 0.2) is 5.96 Å². The molecule has 0 aliphatic heterocycles. The zero-order valence-electron chi connectivity index (χ0n) is 13.6. The van der Waals surface area contributed by atoms with Crippen LogP contribution in [-0.4, -0.2) is 40.3 Å². The van der Waals surface area contributed by atoms with E-state index in [9.17, 15) is 8.42 Å². The van der Waals surface area contributed by atoms with Crippen molar-refractivity contribution < 1.29 is 13.2 Å². The van der Waals surface area contributed by atoms with Crippen LogP contribution in [0.15, 0.2) is 29.3 Å². The molecule has 4 N–H and O–H groups in total. The van der Waals surface area contributed by atoms with Gasteiger partial charge in [-0.25, -0.2) is 8.42 Å². The molecule has 0 fully saturated rings. The van der Waals surface area contributed by atoms with Crippen molar-refractivity contribution in [1.29, 1.82) is 0 Å². The van der Waals surface area contributed by atoms with Crippen LogP contribution in [0, 0.1) is 5.92 Å². The van der Waals surface area contributed by atoms with Gasteiger partial charge in [0.2, 0.25) is 10.0 Å². The number of aliphatic imine (C=N–C) groups is 1. The standard InChI is InChI=1S/C14H24N4O3S.HI/c1-11(2)10-17-14(15)16-8-9-21-13-6-4-12(5-7-13)18-22(3,19)20;/h4-7,11,18H,8-10H2,1-3H3,(H3,15,16,17);1H. The summed E-state index contributed by atoms with van der Waals surface area (Å²) in [6, 6.07) is 6.68. The summed E-state index contributed by atoms with van der Waals surface area (Å²) >= 11 is 0.